The van der Waals surface area contributed by atoms with E-state index in [1.807, 2.05) is 12.1 Å². The van der Waals surface area contributed by atoms with Crippen LogP contribution in [0.15, 0.2) is 24.3 Å². The molecule has 1 amide bonds. The summed E-state index contributed by atoms with van der Waals surface area (Å²) >= 11 is 5.78. The molecule has 0 aliphatic carbocycles. The standard InChI is InChI=1S/C9H8ClNO/c10-7-2-1-3-8(6-7)11-5-4-9(11)12/h1-3,6H,4-5H2. The van der Waals surface area contributed by atoms with Crippen LogP contribution in [0.25, 0.3) is 0 Å². The predicted molar refractivity (Wildman–Crippen MR) is 48.4 cm³/mol. The van der Waals surface area contributed by atoms with Gasteiger partial charge in [-0.3, -0.25) is 4.79 Å². The summed E-state index contributed by atoms with van der Waals surface area (Å²) < 4.78 is 0. The van der Waals surface area contributed by atoms with Crippen molar-refractivity contribution in [1.82, 2.24) is 0 Å². The van der Waals surface area contributed by atoms with Crippen molar-refractivity contribution in [2.75, 3.05) is 11.4 Å². The van der Waals surface area contributed by atoms with Gasteiger partial charge in [-0.05, 0) is 18.2 Å². The normalized spacial score (nSPS) is 16.1. The van der Waals surface area contributed by atoms with Gasteiger partial charge in [0, 0.05) is 23.7 Å². The fourth-order valence-electron chi connectivity index (χ4n) is 1.23. The molecule has 62 valence electrons. The number of amides is 1. The minimum Gasteiger partial charge on any atom is -0.312 e. The second kappa shape index (κ2) is 2.79. The number of anilines is 1. The fourth-order valence-corrected chi connectivity index (χ4v) is 1.42. The van der Waals surface area contributed by atoms with Gasteiger partial charge in [0.1, 0.15) is 0 Å². The van der Waals surface area contributed by atoms with E-state index < -0.39 is 0 Å². The van der Waals surface area contributed by atoms with E-state index >= 15 is 0 Å². The van der Waals surface area contributed by atoms with Gasteiger partial charge in [-0.1, -0.05) is 17.7 Å². The van der Waals surface area contributed by atoms with Crippen molar-refractivity contribution in [3.63, 3.8) is 0 Å². The maximum Gasteiger partial charge on any atom is 0.228 e. The average Bonchev–Trinajstić information content (AvgIpc) is 2.02. The van der Waals surface area contributed by atoms with Crippen LogP contribution < -0.4 is 4.90 Å². The van der Waals surface area contributed by atoms with E-state index in [2.05, 4.69) is 0 Å². The summed E-state index contributed by atoms with van der Waals surface area (Å²) in [5.41, 5.74) is 0.902. The highest BCUT2D eigenvalue weighted by Crippen LogP contribution is 2.24. The number of hydrogen-bond acceptors (Lipinski definition) is 1. The van der Waals surface area contributed by atoms with Crippen LogP contribution >= 0.6 is 11.6 Å². The molecular weight excluding hydrogens is 174 g/mol. The van der Waals surface area contributed by atoms with Gasteiger partial charge in [-0.2, -0.15) is 0 Å². The van der Waals surface area contributed by atoms with E-state index in [4.69, 9.17) is 11.6 Å². The number of rotatable bonds is 1. The molecule has 0 bridgehead atoms. The van der Waals surface area contributed by atoms with Gasteiger partial charge in [-0.15, -0.1) is 0 Å². The first kappa shape index (κ1) is 7.62. The van der Waals surface area contributed by atoms with Gasteiger partial charge in [0.05, 0.1) is 0 Å². The largest absolute Gasteiger partial charge is 0.312 e. The molecule has 0 unspecified atom stereocenters. The number of carbonyl (C=O) groups is 1. The second-order valence-electron chi connectivity index (χ2n) is 2.78. The second-order valence-corrected chi connectivity index (χ2v) is 3.21. The first-order valence-corrected chi connectivity index (χ1v) is 4.21. The van der Waals surface area contributed by atoms with Crippen LogP contribution in [-0.2, 0) is 4.79 Å². The summed E-state index contributed by atoms with van der Waals surface area (Å²) in [4.78, 5) is 12.8. The van der Waals surface area contributed by atoms with E-state index in [9.17, 15) is 4.79 Å². The Labute approximate surface area is 75.7 Å². The maximum absolute atomic E-state index is 11.0. The van der Waals surface area contributed by atoms with Crippen molar-refractivity contribution < 1.29 is 4.79 Å². The zero-order valence-electron chi connectivity index (χ0n) is 6.46. The quantitative estimate of drug-likeness (QED) is 0.608. The molecule has 1 heterocycles. The van der Waals surface area contributed by atoms with Crippen LogP contribution in [0.5, 0.6) is 0 Å². The molecule has 1 fully saturated rings. The number of hydrogen-bond donors (Lipinski definition) is 0. The van der Waals surface area contributed by atoms with Crippen LogP contribution in [0.1, 0.15) is 6.42 Å². The summed E-state index contributed by atoms with van der Waals surface area (Å²) in [7, 11) is 0. The molecule has 0 saturated carbocycles. The fraction of sp³-hybridized carbons (Fsp3) is 0.222. The van der Waals surface area contributed by atoms with Crippen molar-refractivity contribution in [3.8, 4) is 0 Å². The molecule has 1 aliphatic heterocycles. The SMILES string of the molecule is O=C1CCN1c1cccc(Cl)c1. The first-order chi connectivity index (χ1) is 5.77. The van der Waals surface area contributed by atoms with Crippen molar-refractivity contribution in [3.05, 3.63) is 29.3 Å². The molecule has 0 spiro atoms. The number of halogens is 1. The minimum absolute atomic E-state index is 0.178. The Balaban J connectivity index is 2.28. The van der Waals surface area contributed by atoms with E-state index in [1.165, 1.54) is 0 Å². The van der Waals surface area contributed by atoms with Gasteiger partial charge in [0.25, 0.3) is 0 Å². The average molecular weight is 182 g/mol. The highest BCUT2D eigenvalue weighted by molar-refractivity contribution is 6.31. The molecule has 1 saturated heterocycles. The van der Waals surface area contributed by atoms with Crippen LogP contribution in [0, 0.1) is 0 Å². The predicted octanol–water partition coefficient (Wildman–Crippen LogP) is 2.08. The minimum atomic E-state index is 0.178. The highest BCUT2D eigenvalue weighted by Gasteiger charge is 2.24. The molecule has 12 heavy (non-hydrogen) atoms. The van der Waals surface area contributed by atoms with Crippen LogP contribution in [-0.4, -0.2) is 12.5 Å². The molecule has 0 aromatic heterocycles. The smallest absolute Gasteiger partial charge is 0.228 e. The van der Waals surface area contributed by atoms with Crippen molar-refractivity contribution in [2.24, 2.45) is 0 Å². The van der Waals surface area contributed by atoms with Crippen LogP contribution in [0.2, 0.25) is 5.02 Å². The third-order valence-electron chi connectivity index (χ3n) is 1.97. The Morgan fingerprint density at radius 3 is 2.75 bits per heavy atom. The molecule has 2 rings (SSSR count). The van der Waals surface area contributed by atoms with Gasteiger partial charge < -0.3 is 4.90 Å². The lowest BCUT2D eigenvalue weighted by Crippen LogP contribution is -2.43. The summed E-state index contributed by atoms with van der Waals surface area (Å²) in [6.45, 7) is 0.819. The Morgan fingerprint density at radius 2 is 2.25 bits per heavy atom. The Kier molecular flexibility index (Phi) is 1.77. The molecule has 1 aromatic rings. The van der Waals surface area contributed by atoms with Gasteiger partial charge >= 0.3 is 0 Å². The third kappa shape index (κ3) is 1.18. The molecule has 0 N–H and O–H groups in total. The van der Waals surface area contributed by atoms with Gasteiger partial charge in [0.2, 0.25) is 5.91 Å². The van der Waals surface area contributed by atoms with Crippen LogP contribution in [0.4, 0.5) is 5.69 Å². The lowest BCUT2D eigenvalue weighted by molar-refractivity contribution is -0.122. The zero-order valence-corrected chi connectivity index (χ0v) is 7.21. The molecule has 2 nitrogen and oxygen atoms in total. The molecule has 0 atom stereocenters. The number of β-lactam (4-membered cyclic amide) rings is 1. The zero-order chi connectivity index (χ0) is 8.55. The maximum atomic E-state index is 11.0. The Bertz CT molecular complexity index is 324. The van der Waals surface area contributed by atoms with E-state index in [0.717, 1.165) is 12.2 Å². The molecule has 3 heteroatoms. The summed E-state index contributed by atoms with van der Waals surface area (Å²) in [6, 6.07) is 7.35. The molecule has 1 aromatic carbocycles. The molecule has 1 aliphatic rings. The summed E-state index contributed by atoms with van der Waals surface area (Å²) in [6.07, 6.45) is 0.659. The van der Waals surface area contributed by atoms with Crippen molar-refractivity contribution >= 4 is 23.2 Å². The van der Waals surface area contributed by atoms with E-state index in [1.54, 1.807) is 17.0 Å². The van der Waals surface area contributed by atoms with E-state index in [-0.39, 0.29) is 5.91 Å². The lowest BCUT2D eigenvalue weighted by atomic mass is 10.1. The van der Waals surface area contributed by atoms with Gasteiger partial charge in [0.15, 0.2) is 0 Å². The Hall–Kier alpha value is -1.02. The number of benzene rings is 1. The van der Waals surface area contributed by atoms with Crippen LogP contribution in [0.3, 0.4) is 0 Å². The first-order valence-electron chi connectivity index (χ1n) is 3.83. The number of nitrogens with zero attached hydrogens (tertiary/aromatic N) is 1. The van der Waals surface area contributed by atoms with Crippen molar-refractivity contribution in [2.45, 2.75) is 6.42 Å². The van der Waals surface area contributed by atoms with Crippen molar-refractivity contribution in [1.29, 1.82) is 0 Å². The molecular formula is C9H8ClNO. The third-order valence-corrected chi connectivity index (χ3v) is 2.21. The summed E-state index contributed by atoms with van der Waals surface area (Å²) in [5.74, 6) is 0.178. The van der Waals surface area contributed by atoms with E-state index in [0.29, 0.717) is 11.4 Å². The summed E-state index contributed by atoms with van der Waals surface area (Å²) in [5, 5.41) is 0.673. The highest BCUT2D eigenvalue weighted by atomic mass is 35.5. The monoisotopic (exact) mass is 181 g/mol. The number of carbonyl (C=O) groups excluding carboxylic acids is 1. The topological polar surface area (TPSA) is 20.3 Å². The lowest BCUT2D eigenvalue weighted by Gasteiger charge is -2.30. The Morgan fingerprint density at radius 1 is 1.42 bits per heavy atom. The van der Waals surface area contributed by atoms with Gasteiger partial charge in [-0.25, -0.2) is 0 Å². The molecule has 0 radical (unpaired) electrons.